The number of fused-ring (bicyclic) bond motifs is 2. The molecule has 0 bridgehead atoms. The molecule has 2 aromatic heterocycles. The van der Waals surface area contributed by atoms with E-state index in [0.29, 0.717) is 49.2 Å². The summed E-state index contributed by atoms with van der Waals surface area (Å²) in [7, 11) is 0. The second-order valence-electron chi connectivity index (χ2n) is 9.17. The van der Waals surface area contributed by atoms with Crippen molar-refractivity contribution >= 4 is 56.6 Å². The largest absolute Gasteiger partial charge is 0.463 e. The highest BCUT2D eigenvalue weighted by atomic mass is 79.9. The monoisotopic (exact) mass is 671 g/mol. The van der Waals surface area contributed by atoms with Crippen LogP contribution in [0.4, 0.5) is 5.69 Å². The Bertz CT molecular complexity index is 2010. The van der Waals surface area contributed by atoms with E-state index >= 15 is 0 Å². The minimum Gasteiger partial charge on any atom is -0.463 e. The number of benzene rings is 2. The molecule has 0 N–H and O–H groups in total. The molecule has 214 valence electrons. The van der Waals surface area contributed by atoms with Crippen LogP contribution in [0, 0.1) is 10.1 Å². The molecule has 0 radical (unpaired) electrons. The first kappa shape index (κ1) is 27.9. The van der Waals surface area contributed by atoms with Gasteiger partial charge in [-0.3, -0.25) is 19.5 Å². The molecule has 0 aliphatic carbocycles. The molecule has 2 aliphatic heterocycles. The minimum absolute atomic E-state index is 0.0755. The van der Waals surface area contributed by atoms with Gasteiger partial charge in [0, 0.05) is 17.7 Å². The average Bonchev–Trinajstić information content (AvgIpc) is 3.68. The quantitative estimate of drug-likeness (QED) is 0.157. The summed E-state index contributed by atoms with van der Waals surface area (Å²) in [5.74, 6) is 1.15. The summed E-state index contributed by atoms with van der Waals surface area (Å²) in [6.07, 6.45) is 1.56. The van der Waals surface area contributed by atoms with Crippen LogP contribution in [0.25, 0.3) is 17.4 Å². The van der Waals surface area contributed by atoms with Crippen molar-refractivity contribution in [2.75, 3.05) is 13.4 Å². The van der Waals surface area contributed by atoms with Crippen LogP contribution < -0.4 is 24.4 Å². The molecule has 6 rings (SSSR count). The third-order valence-corrected chi connectivity index (χ3v) is 8.96. The van der Waals surface area contributed by atoms with E-state index in [-0.39, 0.29) is 34.2 Å². The molecule has 14 heteroatoms. The minimum atomic E-state index is -0.824. The number of ether oxygens (including phenoxy) is 3. The number of nitro groups is 1. The van der Waals surface area contributed by atoms with Crippen molar-refractivity contribution in [1.82, 2.24) is 4.57 Å². The molecule has 1 atom stereocenters. The number of hydrogen-bond donors (Lipinski definition) is 0. The zero-order chi connectivity index (χ0) is 29.7. The second kappa shape index (κ2) is 10.9. The van der Waals surface area contributed by atoms with Crippen LogP contribution in [0.15, 0.2) is 72.4 Å². The number of aromatic nitrogens is 1. The summed E-state index contributed by atoms with van der Waals surface area (Å²) < 4.78 is 24.2. The standard InChI is InChI=1S/C28H19BrClN3O8S/c1-3-38-27(35)23-13(2)31-28-32(25(23)14-4-6-20-21(10-14)40-12-39-20)26(34)22(42-28)11-16-5-7-19(41-16)15-8-17(30)24(29)18(9-15)33(36)37/h4-11,25H,3,12H2,1-2H3/b22-11-/t25-/m0/s1. The van der Waals surface area contributed by atoms with E-state index in [4.69, 9.17) is 30.2 Å². The number of furan rings is 1. The Hall–Kier alpha value is -4.20. The van der Waals surface area contributed by atoms with Gasteiger partial charge in [-0.2, -0.15) is 0 Å². The third kappa shape index (κ3) is 4.82. The number of rotatable bonds is 6. The van der Waals surface area contributed by atoms with Gasteiger partial charge in [0.05, 0.1) is 38.4 Å². The fourth-order valence-corrected chi connectivity index (χ4v) is 6.37. The summed E-state index contributed by atoms with van der Waals surface area (Å²) in [6.45, 7) is 3.63. The number of nitro benzene ring substituents is 1. The number of nitrogens with zero attached hydrogens (tertiary/aromatic N) is 3. The molecule has 2 aromatic carbocycles. The molecule has 0 unspecified atom stereocenters. The normalized spacial score (nSPS) is 15.9. The summed E-state index contributed by atoms with van der Waals surface area (Å²) >= 11 is 10.5. The van der Waals surface area contributed by atoms with Crippen molar-refractivity contribution in [3.63, 3.8) is 0 Å². The van der Waals surface area contributed by atoms with Gasteiger partial charge in [0.15, 0.2) is 16.3 Å². The number of halogens is 2. The fraction of sp³-hybridized carbons (Fsp3) is 0.179. The van der Waals surface area contributed by atoms with Crippen LogP contribution in [-0.4, -0.2) is 28.9 Å². The third-order valence-electron chi connectivity index (χ3n) is 6.62. The van der Waals surface area contributed by atoms with Crippen molar-refractivity contribution in [2.24, 2.45) is 4.99 Å². The van der Waals surface area contributed by atoms with Gasteiger partial charge >= 0.3 is 5.97 Å². The van der Waals surface area contributed by atoms with E-state index in [9.17, 15) is 19.7 Å². The average molecular weight is 673 g/mol. The Morgan fingerprint density at radius 2 is 2.05 bits per heavy atom. The number of carbonyl (C=O) groups is 1. The number of carbonyl (C=O) groups excluding carboxylic acids is 1. The van der Waals surface area contributed by atoms with Crippen molar-refractivity contribution in [2.45, 2.75) is 19.9 Å². The molecular formula is C28H19BrClN3O8S. The maximum Gasteiger partial charge on any atom is 0.338 e. The Morgan fingerprint density at radius 1 is 1.26 bits per heavy atom. The van der Waals surface area contributed by atoms with E-state index in [1.807, 2.05) is 0 Å². The number of hydrogen-bond acceptors (Lipinski definition) is 10. The predicted molar refractivity (Wildman–Crippen MR) is 156 cm³/mol. The van der Waals surface area contributed by atoms with Crippen LogP contribution in [0.2, 0.25) is 5.02 Å². The highest BCUT2D eigenvalue weighted by molar-refractivity contribution is 9.10. The van der Waals surface area contributed by atoms with Gasteiger partial charge in [0.2, 0.25) is 6.79 Å². The van der Waals surface area contributed by atoms with E-state index in [1.54, 1.807) is 56.3 Å². The lowest BCUT2D eigenvalue weighted by molar-refractivity contribution is -0.385. The lowest BCUT2D eigenvalue weighted by Gasteiger charge is -2.24. The first-order valence-electron chi connectivity index (χ1n) is 12.5. The molecular weight excluding hydrogens is 654 g/mol. The van der Waals surface area contributed by atoms with Gasteiger partial charge in [-0.1, -0.05) is 29.0 Å². The molecule has 2 aliphatic rings. The fourth-order valence-electron chi connectivity index (χ4n) is 4.75. The Balaban J connectivity index is 1.46. The van der Waals surface area contributed by atoms with Crippen LogP contribution in [-0.2, 0) is 9.53 Å². The van der Waals surface area contributed by atoms with Gasteiger partial charge in [0.25, 0.3) is 11.2 Å². The first-order chi connectivity index (χ1) is 20.2. The van der Waals surface area contributed by atoms with E-state index in [0.717, 1.165) is 11.3 Å². The molecule has 0 amide bonds. The van der Waals surface area contributed by atoms with E-state index < -0.39 is 22.5 Å². The SMILES string of the molecule is CCOC(=O)C1=C(C)N=c2s/c(=C\c3ccc(-c4cc(Cl)c(Br)c([N+](=O)[O-])c4)o3)c(=O)n2[C@H]1c1ccc2c(c1)OCO2. The zero-order valence-corrected chi connectivity index (χ0v) is 25.0. The highest BCUT2D eigenvalue weighted by Gasteiger charge is 2.34. The Kier molecular flexibility index (Phi) is 7.25. The zero-order valence-electron chi connectivity index (χ0n) is 21.9. The molecule has 0 spiro atoms. The second-order valence-corrected chi connectivity index (χ2v) is 11.4. The van der Waals surface area contributed by atoms with Crippen LogP contribution in [0.1, 0.15) is 31.2 Å². The number of allylic oxidation sites excluding steroid dienone is 1. The summed E-state index contributed by atoms with van der Waals surface area (Å²) in [6, 6.07) is 10.6. The molecule has 0 fully saturated rings. The van der Waals surface area contributed by atoms with E-state index in [1.165, 1.54) is 10.6 Å². The van der Waals surface area contributed by atoms with Crippen molar-refractivity contribution < 1.29 is 28.3 Å². The lowest BCUT2D eigenvalue weighted by Crippen LogP contribution is -2.39. The van der Waals surface area contributed by atoms with E-state index in [2.05, 4.69) is 20.9 Å². The molecule has 0 saturated carbocycles. The van der Waals surface area contributed by atoms with Gasteiger partial charge in [-0.15, -0.1) is 0 Å². The molecule has 4 heterocycles. The smallest absolute Gasteiger partial charge is 0.338 e. The summed E-state index contributed by atoms with van der Waals surface area (Å²) in [4.78, 5) is 42.8. The predicted octanol–water partition coefficient (Wildman–Crippen LogP) is 5.11. The summed E-state index contributed by atoms with van der Waals surface area (Å²) in [5.41, 5.74) is 1.09. The first-order valence-corrected chi connectivity index (χ1v) is 14.5. The Labute approximate surface area is 254 Å². The van der Waals surface area contributed by atoms with Crippen LogP contribution in [0.3, 0.4) is 0 Å². The topological polar surface area (TPSA) is 135 Å². The summed E-state index contributed by atoms with van der Waals surface area (Å²) in [5, 5.41) is 11.6. The number of esters is 1. The highest BCUT2D eigenvalue weighted by Crippen LogP contribution is 2.39. The van der Waals surface area contributed by atoms with Crippen molar-refractivity contribution in [3.05, 3.63) is 104 Å². The maximum atomic E-state index is 13.9. The maximum absolute atomic E-state index is 13.9. The van der Waals surface area contributed by atoms with Crippen LogP contribution in [0.5, 0.6) is 11.5 Å². The molecule has 11 nitrogen and oxygen atoms in total. The molecule has 0 saturated heterocycles. The number of thiazole rings is 1. The Morgan fingerprint density at radius 3 is 2.81 bits per heavy atom. The van der Waals surface area contributed by atoms with Gasteiger partial charge in [-0.05, 0) is 65.7 Å². The lowest BCUT2D eigenvalue weighted by atomic mass is 9.95. The molecule has 4 aromatic rings. The van der Waals surface area contributed by atoms with Crippen LogP contribution >= 0.6 is 38.9 Å². The van der Waals surface area contributed by atoms with Gasteiger partial charge < -0.3 is 18.6 Å². The van der Waals surface area contributed by atoms with Crippen molar-refractivity contribution in [1.29, 1.82) is 0 Å². The van der Waals surface area contributed by atoms with Crippen molar-refractivity contribution in [3.8, 4) is 22.8 Å². The van der Waals surface area contributed by atoms with Gasteiger partial charge in [-0.25, -0.2) is 9.79 Å². The molecule has 42 heavy (non-hydrogen) atoms. The van der Waals surface area contributed by atoms with Gasteiger partial charge in [0.1, 0.15) is 16.0 Å².